The highest BCUT2D eigenvalue weighted by Gasteiger charge is 2.36. The summed E-state index contributed by atoms with van der Waals surface area (Å²) in [6.45, 7) is 3.84. The van der Waals surface area contributed by atoms with Gasteiger partial charge in [0.1, 0.15) is 5.60 Å². The number of morpholine rings is 1. The summed E-state index contributed by atoms with van der Waals surface area (Å²) in [5, 5.41) is 3.18. The van der Waals surface area contributed by atoms with Crippen LogP contribution in [-0.2, 0) is 4.74 Å². The molecule has 0 spiro atoms. The summed E-state index contributed by atoms with van der Waals surface area (Å²) >= 11 is 0. The number of hydrogen-bond acceptors (Lipinski definition) is 3. The van der Waals surface area contributed by atoms with Crippen LogP contribution in [0.1, 0.15) is 17.3 Å². The van der Waals surface area contributed by atoms with Crippen LogP contribution < -0.4 is 5.32 Å². The third kappa shape index (κ3) is 2.08. The van der Waals surface area contributed by atoms with Crippen LogP contribution in [0.3, 0.4) is 0 Å². The molecular weight excluding hydrogens is 190 g/mol. The molecule has 1 heterocycles. The largest absolute Gasteiger partial charge is 0.364 e. The van der Waals surface area contributed by atoms with Crippen LogP contribution in [0.5, 0.6) is 0 Å². The Labute approximate surface area is 89.4 Å². The highest BCUT2D eigenvalue weighted by Crippen LogP contribution is 2.18. The molecule has 1 saturated heterocycles. The lowest BCUT2D eigenvalue weighted by Gasteiger charge is -2.32. The van der Waals surface area contributed by atoms with Gasteiger partial charge in [0.15, 0.2) is 5.78 Å². The average molecular weight is 205 g/mol. The molecule has 80 valence electrons. The van der Waals surface area contributed by atoms with Gasteiger partial charge >= 0.3 is 0 Å². The van der Waals surface area contributed by atoms with Gasteiger partial charge in [-0.15, -0.1) is 0 Å². The molecule has 0 aliphatic carbocycles. The highest BCUT2D eigenvalue weighted by molar-refractivity contribution is 6.02. The monoisotopic (exact) mass is 205 g/mol. The molecule has 0 saturated carbocycles. The number of hydrogen-bond donors (Lipinski definition) is 1. The first-order valence-electron chi connectivity index (χ1n) is 5.17. The van der Waals surface area contributed by atoms with Crippen molar-refractivity contribution in [2.45, 2.75) is 12.5 Å². The smallest absolute Gasteiger partial charge is 0.195 e. The van der Waals surface area contributed by atoms with Gasteiger partial charge in [-0.25, -0.2) is 0 Å². The van der Waals surface area contributed by atoms with E-state index in [1.165, 1.54) is 0 Å². The van der Waals surface area contributed by atoms with Crippen LogP contribution in [0.15, 0.2) is 30.3 Å². The van der Waals surface area contributed by atoms with Crippen molar-refractivity contribution >= 4 is 5.78 Å². The number of ether oxygens (including phenoxy) is 1. The van der Waals surface area contributed by atoms with Crippen molar-refractivity contribution < 1.29 is 9.53 Å². The SMILES string of the molecule is CC1(C(=O)c2ccccc2)CNCCO1. The molecule has 1 aromatic rings. The second-order valence-electron chi connectivity index (χ2n) is 3.95. The Hall–Kier alpha value is -1.19. The first-order chi connectivity index (χ1) is 7.22. The van der Waals surface area contributed by atoms with Crippen molar-refractivity contribution in [1.29, 1.82) is 0 Å². The first kappa shape index (κ1) is 10.3. The highest BCUT2D eigenvalue weighted by atomic mass is 16.5. The van der Waals surface area contributed by atoms with Crippen molar-refractivity contribution in [3.8, 4) is 0 Å². The van der Waals surface area contributed by atoms with Crippen LogP contribution in [0.4, 0.5) is 0 Å². The van der Waals surface area contributed by atoms with E-state index < -0.39 is 5.60 Å². The quantitative estimate of drug-likeness (QED) is 0.738. The van der Waals surface area contributed by atoms with Gasteiger partial charge < -0.3 is 10.1 Å². The zero-order chi connectivity index (χ0) is 10.7. The second-order valence-corrected chi connectivity index (χ2v) is 3.95. The Kier molecular flexibility index (Phi) is 2.84. The third-order valence-electron chi connectivity index (χ3n) is 2.68. The van der Waals surface area contributed by atoms with Crippen molar-refractivity contribution in [1.82, 2.24) is 5.32 Å². The van der Waals surface area contributed by atoms with Gasteiger partial charge in [0.05, 0.1) is 6.61 Å². The van der Waals surface area contributed by atoms with E-state index in [2.05, 4.69) is 5.32 Å². The lowest BCUT2D eigenvalue weighted by Crippen LogP contribution is -2.52. The average Bonchev–Trinajstić information content (AvgIpc) is 2.30. The van der Waals surface area contributed by atoms with Gasteiger partial charge in [-0.1, -0.05) is 30.3 Å². The molecule has 3 heteroatoms. The lowest BCUT2D eigenvalue weighted by atomic mass is 9.93. The van der Waals surface area contributed by atoms with Crippen LogP contribution >= 0.6 is 0 Å². The van der Waals surface area contributed by atoms with E-state index >= 15 is 0 Å². The maximum absolute atomic E-state index is 12.2. The topological polar surface area (TPSA) is 38.3 Å². The standard InChI is InChI=1S/C12H15NO2/c1-12(9-13-7-8-15-12)11(14)10-5-3-2-4-6-10/h2-6,13H,7-9H2,1H3. The molecule has 1 aromatic carbocycles. The van der Waals surface area contributed by atoms with Crippen LogP contribution in [0.2, 0.25) is 0 Å². The van der Waals surface area contributed by atoms with E-state index in [0.29, 0.717) is 18.7 Å². The Balaban J connectivity index is 2.20. The molecule has 1 N–H and O–H groups in total. The Morgan fingerprint density at radius 1 is 1.40 bits per heavy atom. The number of carbonyl (C=O) groups excluding carboxylic acids is 1. The third-order valence-corrected chi connectivity index (χ3v) is 2.68. The van der Waals surface area contributed by atoms with E-state index in [0.717, 1.165) is 6.54 Å². The van der Waals surface area contributed by atoms with Crippen molar-refractivity contribution in [2.75, 3.05) is 19.7 Å². The number of nitrogens with one attached hydrogen (secondary N) is 1. The molecule has 1 atom stereocenters. The summed E-state index contributed by atoms with van der Waals surface area (Å²) < 4.78 is 5.57. The van der Waals surface area contributed by atoms with Gasteiger partial charge in [0, 0.05) is 18.7 Å². The Morgan fingerprint density at radius 3 is 2.73 bits per heavy atom. The molecule has 0 aromatic heterocycles. The van der Waals surface area contributed by atoms with Gasteiger partial charge in [0.25, 0.3) is 0 Å². The van der Waals surface area contributed by atoms with Gasteiger partial charge in [-0.05, 0) is 6.92 Å². The molecule has 1 aliphatic heterocycles. The number of rotatable bonds is 2. The van der Waals surface area contributed by atoms with Crippen molar-refractivity contribution in [2.24, 2.45) is 0 Å². The predicted octanol–water partition coefficient (Wildman–Crippen LogP) is 1.25. The summed E-state index contributed by atoms with van der Waals surface area (Å²) in [5.74, 6) is 0.0512. The summed E-state index contributed by atoms with van der Waals surface area (Å²) in [6.07, 6.45) is 0. The minimum Gasteiger partial charge on any atom is -0.364 e. The summed E-state index contributed by atoms with van der Waals surface area (Å²) in [6, 6.07) is 9.29. The fraction of sp³-hybridized carbons (Fsp3) is 0.417. The molecule has 15 heavy (non-hydrogen) atoms. The Bertz CT molecular complexity index is 342. The minimum atomic E-state index is -0.709. The predicted molar refractivity (Wildman–Crippen MR) is 58.0 cm³/mol. The normalized spacial score (nSPS) is 26.2. The van der Waals surface area contributed by atoms with E-state index in [9.17, 15) is 4.79 Å². The van der Waals surface area contributed by atoms with E-state index in [1.54, 1.807) is 0 Å². The van der Waals surface area contributed by atoms with Crippen molar-refractivity contribution in [3.63, 3.8) is 0 Å². The number of ketones is 1. The minimum absolute atomic E-state index is 0.0512. The molecule has 1 fully saturated rings. The van der Waals surface area contributed by atoms with Crippen LogP contribution in [0, 0.1) is 0 Å². The molecular formula is C12H15NO2. The number of Topliss-reactive ketones (excluding diaryl/α,β-unsaturated/α-hetero) is 1. The molecule has 0 bridgehead atoms. The van der Waals surface area contributed by atoms with E-state index in [1.807, 2.05) is 37.3 Å². The molecule has 0 radical (unpaired) electrons. The first-order valence-corrected chi connectivity index (χ1v) is 5.17. The van der Waals surface area contributed by atoms with Gasteiger partial charge in [-0.3, -0.25) is 4.79 Å². The maximum atomic E-state index is 12.2. The molecule has 1 aliphatic rings. The summed E-state index contributed by atoms with van der Waals surface area (Å²) in [5.41, 5.74) is 0.00303. The van der Waals surface area contributed by atoms with Crippen LogP contribution in [-0.4, -0.2) is 31.1 Å². The molecule has 1 unspecified atom stereocenters. The zero-order valence-corrected chi connectivity index (χ0v) is 8.82. The second kappa shape index (κ2) is 4.13. The van der Waals surface area contributed by atoms with Crippen molar-refractivity contribution in [3.05, 3.63) is 35.9 Å². The molecule has 0 amide bonds. The number of carbonyl (C=O) groups is 1. The van der Waals surface area contributed by atoms with Gasteiger partial charge in [0.2, 0.25) is 0 Å². The van der Waals surface area contributed by atoms with Crippen LogP contribution in [0.25, 0.3) is 0 Å². The van der Waals surface area contributed by atoms with E-state index in [-0.39, 0.29) is 5.78 Å². The lowest BCUT2D eigenvalue weighted by molar-refractivity contribution is -0.0321. The maximum Gasteiger partial charge on any atom is 0.195 e. The number of benzene rings is 1. The molecule has 2 rings (SSSR count). The summed E-state index contributed by atoms with van der Waals surface area (Å²) in [7, 11) is 0. The Morgan fingerprint density at radius 2 is 2.13 bits per heavy atom. The van der Waals surface area contributed by atoms with Gasteiger partial charge in [-0.2, -0.15) is 0 Å². The van der Waals surface area contributed by atoms with E-state index in [4.69, 9.17) is 4.74 Å². The molecule has 3 nitrogen and oxygen atoms in total. The summed E-state index contributed by atoms with van der Waals surface area (Å²) in [4.78, 5) is 12.2. The zero-order valence-electron chi connectivity index (χ0n) is 8.82. The fourth-order valence-corrected chi connectivity index (χ4v) is 1.77. The fourth-order valence-electron chi connectivity index (χ4n) is 1.77.